The Bertz CT molecular complexity index is 410. The molecule has 0 aliphatic carbocycles. The molecule has 0 radical (unpaired) electrons. The van der Waals surface area contributed by atoms with Gasteiger partial charge in [-0.25, -0.2) is 0 Å². The van der Waals surface area contributed by atoms with Crippen molar-refractivity contribution in [2.24, 2.45) is 0 Å². The maximum Gasteiger partial charge on any atom is 0.0702 e. The molecule has 0 amide bonds. The Labute approximate surface area is 77.6 Å². The minimum atomic E-state index is 0.908. The summed E-state index contributed by atoms with van der Waals surface area (Å²) in [5.74, 6) is 0. The lowest BCUT2D eigenvalue weighted by Crippen LogP contribution is -2.04. The molecule has 0 unspecified atom stereocenters. The van der Waals surface area contributed by atoms with E-state index in [-0.39, 0.29) is 0 Å². The number of aromatic nitrogens is 1. The summed E-state index contributed by atoms with van der Waals surface area (Å²) < 4.78 is 0. The largest absolute Gasteiger partial charge is 0.316 e. The number of hydrogen-bond acceptors (Lipinski definition) is 2. The maximum atomic E-state index is 4.26. The van der Waals surface area contributed by atoms with Crippen LogP contribution in [-0.2, 0) is 6.54 Å². The molecule has 0 bridgehead atoms. The normalized spacial score (nSPS) is 10.5. The standard InChI is InChI=1S/C11H12N2/c1-12-8-9-4-5-11-10(7-9)3-2-6-13-11/h2-7,12H,8H2,1H3. The summed E-state index contributed by atoms with van der Waals surface area (Å²) in [6.45, 7) is 0.908. The molecule has 0 aliphatic heterocycles. The van der Waals surface area contributed by atoms with E-state index in [1.54, 1.807) is 0 Å². The van der Waals surface area contributed by atoms with Crippen LogP contribution in [-0.4, -0.2) is 12.0 Å². The fourth-order valence-corrected chi connectivity index (χ4v) is 1.44. The minimum Gasteiger partial charge on any atom is -0.316 e. The fraction of sp³-hybridized carbons (Fsp3) is 0.182. The Morgan fingerprint density at radius 2 is 2.23 bits per heavy atom. The number of fused-ring (bicyclic) bond motifs is 1. The molecule has 0 atom stereocenters. The van der Waals surface area contributed by atoms with Gasteiger partial charge in [0.15, 0.2) is 0 Å². The lowest BCUT2D eigenvalue weighted by atomic mass is 10.1. The van der Waals surface area contributed by atoms with Crippen molar-refractivity contribution >= 4 is 10.9 Å². The third-order valence-corrected chi connectivity index (χ3v) is 2.05. The summed E-state index contributed by atoms with van der Waals surface area (Å²) in [4.78, 5) is 4.26. The van der Waals surface area contributed by atoms with Gasteiger partial charge < -0.3 is 5.32 Å². The zero-order valence-corrected chi connectivity index (χ0v) is 7.62. The molecule has 1 heterocycles. The third kappa shape index (κ3) is 1.68. The topological polar surface area (TPSA) is 24.9 Å². The Balaban J connectivity index is 2.49. The second-order valence-corrected chi connectivity index (χ2v) is 3.06. The molecular formula is C11H12N2. The summed E-state index contributed by atoms with van der Waals surface area (Å²) in [5, 5.41) is 4.33. The lowest BCUT2D eigenvalue weighted by Gasteiger charge is -2.01. The van der Waals surface area contributed by atoms with Crippen LogP contribution < -0.4 is 5.32 Å². The summed E-state index contributed by atoms with van der Waals surface area (Å²) in [5.41, 5.74) is 2.35. The van der Waals surface area contributed by atoms with Crippen LogP contribution in [0.4, 0.5) is 0 Å². The van der Waals surface area contributed by atoms with E-state index >= 15 is 0 Å². The van der Waals surface area contributed by atoms with Crippen molar-refractivity contribution in [3.8, 4) is 0 Å². The SMILES string of the molecule is CNCc1ccc2ncccc2c1. The second kappa shape index (κ2) is 3.54. The van der Waals surface area contributed by atoms with E-state index in [9.17, 15) is 0 Å². The Morgan fingerprint density at radius 1 is 1.31 bits per heavy atom. The summed E-state index contributed by atoms with van der Waals surface area (Å²) in [7, 11) is 1.95. The van der Waals surface area contributed by atoms with Gasteiger partial charge in [0.05, 0.1) is 5.52 Å². The molecule has 0 saturated heterocycles. The van der Waals surface area contributed by atoms with Gasteiger partial charge in [0.2, 0.25) is 0 Å². The van der Waals surface area contributed by atoms with Crippen LogP contribution in [0.3, 0.4) is 0 Å². The number of pyridine rings is 1. The number of nitrogens with one attached hydrogen (secondary N) is 1. The van der Waals surface area contributed by atoms with E-state index in [4.69, 9.17) is 0 Å². The van der Waals surface area contributed by atoms with Crippen molar-refractivity contribution in [3.63, 3.8) is 0 Å². The van der Waals surface area contributed by atoms with Crippen molar-refractivity contribution in [2.75, 3.05) is 7.05 Å². The highest BCUT2D eigenvalue weighted by Crippen LogP contribution is 2.12. The van der Waals surface area contributed by atoms with E-state index in [0.717, 1.165) is 12.1 Å². The predicted octanol–water partition coefficient (Wildman–Crippen LogP) is 1.95. The van der Waals surface area contributed by atoms with E-state index < -0.39 is 0 Å². The van der Waals surface area contributed by atoms with E-state index in [0.29, 0.717) is 0 Å². The number of rotatable bonds is 2. The van der Waals surface area contributed by atoms with Crippen molar-refractivity contribution in [3.05, 3.63) is 42.1 Å². The van der Waals surface area contributed by atoms with Gasteiger partial charge in [0, 0.05) is 18.1 Å². The molecule has 1 aromatic heterocycles. The molecular weight excluding hydrogens is 160 g/mol. The highest BCUT2D eigenvalue weighted by Gasteiger charge is 1.94. The molecule has 13 heavy (non-hydrogen) atoms. The highest BCUT2D eigenvalue weighted by atomic mass is 14.8. The number of hydrogen-bond donors (Lipinski definition) is 1. The highest BCUT2D eigenvalue weighted by molar-refractivity contribution is 5.78. The van der Waals surface area contributed by atoms with E-state index in [2.05, 4.69) is 34.6 Å². The molecule has 2 nitrogen and oxygen atoms in total. The first-order chi connectivity index (χ1) is 6.40. The summed E-state index contributed by atoms with van der Waals surface area (Å²) in [6, 6.07) is 10.4. The zero-order valence-electron chi connectivity index (χ0n) is 7.62. The van der Waals surface area contributed by atoms with E-state index in [1.165, 1.54) is 10.9 Å². The second-order valence-electron chi connectivity index (χ2n) is 3.06. The zero-order chi connectivity index (χ0) is 9.10. The van der Waals surface area contributed by atoms with Crippen LogP contribution in [0.1, 0.15) is 5.56 Å². The monoisotopic (exact) mass is 172 g/mol. The molecule has 0 spiro atoms. The first kappa shape index (κ1) is 8.20. The Morgan fingerprint density at radius 3 is 3.08 bits per heavy atom. The van der Waals surface area contributed by atoms with Gasteiger partial charge >= 0.3 is 0 Å². The maximum absolute atomic E-state index is 4.26. The molecule has 2 heteroatoms. The third-order valence-electron chi connectivity index (χ3n) is 2.05. The van der Waals surface area contributed by atoms with Crippen LogP contribution in [0.15, 0.2) is 36.5 Å². The molecule has 0 aliphatic rings. The van der Waals surface area contributed by atoms with Gasteiger partial charge in [-0.3, -0.25) is 4.98 Å². The summed E-state index contributed by atoms with van der Waals surface area (Å²) >= 11 is 0. The number of nitrogens with zero attached hydrogens (tertiary/aromatic N) is 1. The molecule has 0 saturated carbocycles. The first-order valence-corrected chi connectivity index (χ1v) is 4.38. The van der Waals surface area contributed by atoms with Crippen molar-refractivity contribution in [1.82, 2.24) is 10.3 Å². The van der Waals surface area contributed by atoms with Crippen molar-refractivity contribution in [1.29, 1.82) is 0 Å². The molecule has 1 N–H and O–H groups in total. The van der Waals surface area contributed by atoms with Gasteiger partial charge in [0.1, 0.15) is 0 Å². The first-order valence-electron chi connectivity index (χ1n) is 4.38. The molecule has 66 valence electrons. The smallest absolute Gasteiger partial charge is 0.0702 e. The van der Waals surface area contributed by atoms with Gasteiger partial charge in [0.25, 0.3) is 0 Å². The molecule has 1 aromatic carbocycles. The van der Waals surface area contributed by atoms with Crippen LogP contribution in [0, 0.1) is 0 Å². The average molecular weight is 172 g/mol. The number of benzene rings is 1. The molecule has 2 aromatic rings. The quantitative estimate of drug-likeness (QED) is 0.749. The minimum absolute atomic E-state index is 0.908. The summed E-state index contributed by atoms with van der Waals surface area (Å²) in [6.07, 6.45) is 1.82. The molecule has 0 fully saturated rings. The van der Waals surface area contributed by atoms with Gasteiger partial charge in [-0.2, -0.15) is 0 Å². The Hall–Kier alpha value is -1.41. The van der Waals surface area contributed by atoms with Crippen LogP contribution in [0.25, 0.3) is 10.9 Å². The van der Waals surface area contributed by atoms with Crippen molar-refractivity contribution < 1.29 is 0 Å². The van der Waals surface area contributed by atoms with E-state index in [1.807, 2.05) is 19.3 Å². The van der Waals surface area contributed by atoms with Crippen LogP contribution in [0.2, 0.25) is 0 Å². The van der Waals surface area contributed by atoms with Crippen LogP contribution >= 0.6 is 0 Å². The van der Waals surface area contributed by atoms with Crippen LogP contribution in [0.5, 0.6) is 0 Å². The van der Waals surface area contributed by atoms with Gasteiger partial charge in [-0.1, -0.05) is 12.1 Å². The Kier molecular flexibility index (Phi) is 2.23. The fourth-order valence-electron chi connectivity index (χ4n) is 1.44. The average Bonchev–Trinajstić information content (AvgIpc) is 2.18. The molecule has 2 rings (SSSR count). The predicted molar refractivity (Wildman–Crippen MR) is 54.5 cm³/mol. The lowest BCUT2D eigenvalue weighted by molar-refractivity contribution is 0.819. The van der Waals surface area contributed by atoms with Gasteiger partial charge in [-0.05, 0) is 30.8 Å². The van der Waals surface area contributed by atoms with Gasteiger partial charge in [-0.15, -0.1) is 0 Å². The van der Waals surface area contributed by atoms with Crippen molar-refractivity contribution in [2.45, 2.75) is 6.54 Å².